The molecule has 2 rings (SSSR count). The summed E-state index contributed by atoms with van der Waals surface area (Å²) in [6, 6.07) is 13.1. The minimum absolute atomic E-state index is 0.130. The summed E-state index contributed by atoms with van der Waals surface area (Å²) in [5.74, 6) is 1.22. The van der Waals surface area contributed by atoms with Crippen LogP contribution in [-0.2, 0) is 9.59 Å². The van der Waals surface area contributed by atoms with Crippen molar-refractivity contribution in [2.24, 2.45) is 5.92 Å². The van der Waals surface area contributed by atoms with E-state index >= 15 is 0 Å². The third-order valence-corrected chi connectivity index (χ3v) is 5.16. The molecular weight excluding hydrogens is 404 g/mol. The highest BCUT2D eigenvalue weighted by molar-refractivity contribution is 5.79. The van der Waals surface area contributed by atoms with Gasteiger partial charge in [0.05, 0.1) is 31.7 Å². The van der Waals surface area contributed by atoms with Crippen LogP contribution in [0.1, 0.15) is 69.8 Å². The van der Waals surface area contributed by atoms with Crippen molar-refractivity contribution in [3.8, 4) is 11.5 Å². The molecular formula is C26H36N2O4. The van der Waals surface area contributed by atoms with E-state index in [1.54, 1.807) is 0 Å². The summed E-state index contributed by atoms with van der Waals surface area (Å²) < 4.78 is 11.4. The molecule has 6 heteroatoms. The average Bonchev–Trinajstić information content (AvgIpc) is 2.73. The number of carbonyl (C=O) groups excluding carboxylic acids is 2. The van der Waals surface area contributed by atoms with Gasteiger partial charge in [0, 0.05) is 6.92 Å². The molecule has 0 heterocycles. The predicted molar refractivity (Wildman–Crippen MR) is 127 cm³/mol. The standard InChI is InChI=1S/C26H36N2O4/c1-7-31-23-14-13-21(15-24(23)32-8-2)26(17(3)4)28-25(30)16-22(27-19(6)29)20-11-9-18(5)10-12-20/h9-15,17,22,26H,7-8,16H2,1-6H3,(H,27,29)(H,28,30). The molecule has 0 aliphatic heterocycles. The van der Waals surface area contributed by atoms with Crippen LogP contribution < -0.4 is 20.1 Å². The van der Waals surface area contributed by atoms with Crippen molar-refractivity contribution in [3.63, 3.8) is 0 Å². The Morgan fingerprint density at radius 2 is 1.47 bits per heavy atom. The normalized spacial score (nSPS) is 12.7. The van der Waals surface area contributed by atoms with Crippen LogP contribution in [0.15, 0.2) is 42.5 Å². The summed E-state index contributed by atoms with van der Waals surface area (Å²) in [7, 11) is 0. The molecule has 0 fully saturated rings. The maximum atomic E-state index is 13.0. The van der Waals surface area contributed by atoms with E-state index in [0.29, 0.717) is 24.7 Å². The van der Waals surface area contributed by atoms with Crippen molar-refractivity contribution in [2.45, 2.75) is 60.0 Å². The zero-order valence-electron chi connectivity index (χ0n) is 20.0. The molecule has 0 bridgehead atoms. The van der Waals surface area contributed by atoms with Gasteiger partial charge in [0.1, 0.15) is 0 Å². The fourth-order valence-corrected chi connectivity index (χ4v) is 3.61. The van der Waals surface area contributed by atoms with Crippen LogP contribution in [0.25, 0.3) is 0 Å². The van der Waals surface area contributed by atoms with Gasteiger partial charge in [-0.1, -0.05) is 49.7 Å². The minimum Gasteiger partial charge on any atom is -0.490 e. The first-order chi connectivity index (χ1) is 15.2. The van der Waals surface area contributed by atoms with Crippen LogP contribution >= 0.6 is 0 Å². The topological polar surface area (TPSA) is 76.7 Å². The van der Waals surface area contributed by atoms with Crippen LogP contribution in [0.5, 0.6) is 11.5 Å². The van der Waals surface area contributed by atoms with Crippen molar-refractivity contribution in [1.82, 2.24) is 10.6 Å². The molecule has 32 heavy (non-hydrogen) atoms. The largest absolute Gasteiger partial charge is 0.490 e. The van der Waals surface area contributed by atoms with Crippen LogP contribution in [0, 0.1) is 12.8 Å². The maximum Gasteiger partial charge on any atom is 0.222 e. The van der Waals surface area contributed by atoms with Crippen molar-refractivity contribution in [1.29, 1.82) is 0 Å². The summed E-state index contributed by atoms with van der Waals surface area (Å²) in [4.78, 5) is 24.8. The first-order valence-corrected chi connectivity index (χ1v) is 11.3. The van der Waals surface area contributed by atoms with Gasteiger partial charge in [-0.25, -0.2) is 0 Å². The van der Waals surface area contributed by atoms with Crippen molar-refractivity contribution in [2.75, 3.05) is 13.2 Å². The monoisotopic (exact) mass is 440 g/mol. The molecule has 0 radical (unpaired) electrons. The number of ether oxygens (including phenoxy) is 2. The molecule has 174 valence electrons. The molecule has 2 aromatic carbocycles. The second-order valence-corrected chi connectivity index (χ2v) is 8.23. The van der Waals surface area contributed by atoms with Crippen LogP contribution in [-0.4, -0.2) is 25.0 Å². The Morgan fingerprint density at radius 1 is 0.875 bits per heavy atom. The zero-order valence-corrected chi connectivity index (χ0v) is 20.0. The Morgan fingerprint density at radius 3 is 2.03 bits per heavy atom. The Balaban J connectivity index is 2.22. The van der Waals surface area contributed by atoms with E-state index in [2.05, 4.69) is 24.5 Å². The Kier molecular flexibility index (Phi) is 9.57. The minimum atomic E-state index is -0.389. The Labute approximate surface area is 191 Å². The number of nitrogens with one attached hydrogen (secondary N) is 2. The Bertz CT molecular complexity index is 893. The summed E-state index contributed by atoms with van der Waals surface area (Å²) in [6.45, 7) is 12.5. The van der Waals surface area contributed by atoms with Crippen LogP contribution in [0.2, 0.25) is 0 Å². The van der Waals surface area contributed by atoms with Crippen molar-refractivity contribution >= 4 is 11.8 Å². The molecule has 0 aliphatic rings. The van der Waals surface area contributed by atoms with Gasteiger partial charge in [-0.05, 0) is 49.9 Å². The van der Waals surface area contributed by atoms with E-state index in [-0.39, 0.29) is 36.2 Å². The van der Waals surface area contributed by atoms with Crippen LogP contribution in [0.3, 0.4) is 0 Å². The molecule has 0 saturated carbocycles. The van der Waals surface area contributed by atoms with E-state index in [4.69, 9.17) is 9.47 Å². The highest BCUT2D eigenvalue weighted by atomic mass is 16.5. The van der Waals surface area contributed by atoms with Gasteiger partial charge in [0.15, 0.2) is 11.5 Å². The lowest BCUT2D eigenvalue weighted by Crippen LogP contribution is -2.36. The lowest BCUT2D eigenvalue weighted by molar-refractivity contribution is -0.123. The maximum absolute atomic E-state index is 13.0. The van der Waals surface area contributed by atoms with Gasteiger partial charge in [0.2, 0.25) is 11.8 Å². The summed E-state index contributed by atoms with van der Waals surface area (Å²) in [5.41, 5.74) is 2.98. The first kappa shape index (κ1) is 25.2. The molecule has 2 atom stereocenters. The Hall–Kier alpha value is -3.02. The predicted octanol–water partition coefficient (Wildman–Crippen LogP) is 4.87. The molecule has 0 saturated heterocycles. The fourth-order valence-electron chi connectivity index (χ4n) is 3.61. The van der Waals surface area contributed by atoms with E-state index in [1.165, 1.54) is 6.92 Å². The molecule has 6 nitrogen and oxygen atoms in total. The van der Waals surface area contributed by atoms with E-state index < -0.39 is 0 Å². The summed E-state index contributed by atoms with van der Waals surface area (Å²) >= 11 is 0. The van der Waals surface area contributed by atoms with Gasteiger partial charge in [0.25, 0.3) is 0 Å². The van der Waals surface area contributed by atoms with Gasteiger partial charge in [-0.15, -0.1) is 0 Å². The smallest absolute Gasteiger partial charge is 0.222 e. The van der Waals surface area contributed by atoms with Crippen LogP contribution in [0.4, 0.5) is 0 Å². The van der Waals surface area contributed by atoms with Gasteiger partial charge in [-0.2, -0.15) is 0 Å². The number of amides is 2. The number of hydrogen-bond donors (Lipinski definition) is 2. The number of rotatable bonds is 11. The third kappa shape index (κ3) is 7.29. The van der Waals surface area contributed by atoms with Crippen molar-refractivity contribution in [3.05, 3.63) is 59.2 Å². The number of carbonyl (C=O) groups is 2. The molecule has 0 aliphatic carbocycles. The number of hydrogen-bond acceptors (Lipinski definition) is 4. The molecule has 0 spiro atoms. The lowest BCUT2D eigenvalue weighted by Gasteiger charge is -2.26. The molecule has 2 N–H and O–H groups in total. The highest BCUT2D eigenvalue weighted by Gasteiger charge is 2.23. The SMILES string of the molecule is CCOc1ccc(C(NC(=O)CC(NC(C)=O)c2ccc(C)cc2)C(C)C)cc1OCC. The molecule has 2 aromatic rings. The molecule has 2 amide bonds. The van der Waals surface area contributed by atoms with E-state index in [0.717, 1.165) is 16.7 Å². The average molecular weight is 441 g/mol. The van der Waals surface area contributed by atoms with E-state index in [1.807, 2.05) is 63.2 Å². The first-order valence-electron chi connectivity index (χ1n) is 11.3. The van der Waals surface area contributed by atoms with E-state index in [9.17, 15) is 9.59 Å². The highest BCUT2D eigenvalue weighted by Crippen LogP contribution is 2.33. The quantitative estimate of drug-likeness (QED) is 0.522. The summed E-state index contributed by atoms with van der Waals surface area (Å²) in [5, 5.41) is 6.05. The fraction of sp³-hybridized carbons (Fsp3) is 0.462. The zero-order chi connectivity index (χ0) is 23.7. The second kappa shape index (κ2) is 12.1. The van der Waals surface area contributed by atoms with Gasteiger partial charge >= 0.3 is 0 Å². The number of aryl methyl sites for hydroxylation is 1. The second-order valence-electron chi connectivity index (χ2n) is 8.23. The van der Waals surface area contributed by atoms with Gasteiger partial charge in [-0.3, -0.25) is 9.59 Å². The van der Waals surface area contributed by atoms with Crippen molar-refractivity contribution < 1.29 is 19.1 Å². The van der Waals surface area contributed by atoms with Gasteiger partial charge < -0.3 is 20.1 Å². The number of benzene rings is 2. The summed E-state index contributed by atoms with van der Waals surface area (Å²) in [6.07, 6.45) is 0.154. The molecule has 2 unspecified atom stereocenters. The lowest BCUT2D eigenvalue weighted by atomic mass is 9.94. The molecule has 0 aromatic heterocycles. The third-order valence-electron chi connectivity index (χ3n) is 5.16.